The van der Waals surface area contributed by atoms with Gasteiger partial charge in [0.25, 0.3) is 0 Å². The van der Waals surface area contributed by atoms with Gasteiger partial charge in [0.05, 0.1) is 0 Å². The van der Waals surface area contributed by atoms with E-state index in [1.807, 2.05) is 26.0 Å². The molecule has 1 heteroatoms. The Hall–Kier alpha value is -0.850. The molecule has 8 heavy (non-hydrogen) atoms. The fraction of sp³-hybridized carbons (Fsp3) is 0.286. The topological polar surface area (TPSA) is 17.1 Å². The molecule has 0 radical (unpaired) electrons. The van der Waals surface area contributed by atoms with Gasteiger partial charge in [0.1, 0.15) is 6.29 Å². The van der Waals surface area contributed by atoms with E-state index in [9.17, 15) is 4.79 Å². The second-order valence-corrected chi connectivity index (χ2v) is 1.55. The molecular weight excluding hydrogens is 100 g/mol. The van der Waals surface area contributed by atoms with E-state index in [4.69, 9.17) is 0 Å². The van der Waals surface area contributed by atoms with E-state index < -0.39 is 0 Å². The Morgan fingerprint density at radius 2 is 2.12 bits per heavy atom. The molecule has 0 atom stereocenters. The van der Waals surface area contributed by atoms with E-state index in [2.05, 4.69) is 0 Å². The van der Waals surface area contributed by atoms with Crippen molar-refractivity contribution in [2.45, 2.75) is 13.8 Å². The number of rotatable bonds is 2. The minimum atomic E-state index is 0.787. The second kappa shape index (κ2) is 4.31. The minimum absolute atomic E-state index is 0.787. The molecule has 0 N–H and O–H groups in total. The van der Waals surface area contributed by atoms with Crippen LogP contribution in [-0.4, -0.2) is 6.29 Å². The third-order valence-corrected chi connectivity index (χ3v) is 0.760. The minimum Gasteiger partial charge on any atom is -0.299 e. The summed E-state index contributed by atoms with van der Waals surface area (Å²) in [5.74, 6) is 0. The van der Waals surface area contributed by atoms with Crippen LogP contribution in [0.1, 0.15) is 13.8 Å². The summed E-state index contributed by atoms with van der Waals surface area (Å²) in [6.45, 7) is 3.80. The van der Waals surface area contributed by atoms with E-state index in [1.165, 1.54) is 6.08 Å². The van der Waals surface area contributed by atoms with Gasteiger partial charge in [-0.1, -0.05) is 12.2 Å². The van der Waals surface area contributed by atoms with Gasteiger partial charge in [-0.2, -0.15) is 0 Å². The van der Waals surface area contributed by atoms with Gasteiger partial charge in [-0.15, -0.1) is 0 Å². The van der Waals surface area contributed by atoms with Gasteiger partial charge >= 0.3 is 0 Å². The molecule has 0 aliphatic rings. The second-order valence-electron chi connectivity index (χ2n) is 1.55. The molecule has 1 nitrogen and oxygen atoms in total. The highest BCUT2D eigenvalue weighted by molar-refractivity contribution is 5.66. The van der Waals surface area contributed by atoms with Crippen molar-refractivity contribution < 1.29 is 4.79 Å². The SMILES string of the molecule is C/C=C\C(C)=C\C=O. The van der Waals surface area contributed by atoms with Crippen molar-refractivity contribution in [3.8, 4) is 0 Å². The van der Waals surface area contributed by atoms with Crippen molar-refractivity contribution in [1.29, 1.82) is 0 Å². The molecule has 0 rings (SSSR count). The Kier molecular flexibility index (Phi) is 3.85. The number of carbonyl (C=O) groups is 1. The van der Waals surface area contributed by atoms with Crippen LogP contribution in [0.4, 0.5) is 0 Å². The number of hydrogen-bond acceptors (Lipinski definition) is 1. The highest BCUT2D eigenvalue weighted by Crippen LogP contribution is 1.90. The first-order chi connectivity index (χ1) is 3.81. The van der Waals surface area contributed by atoms with Crippen LogP contribution >= 0.6 is 0 Å². The van der Waals surface area contributed by atoms with Crippen LogP contribution in [0.5, 0.6) is 0 Å². The maximum absolute atomic E-state index is 9.78. The highest BCUT2D eigenvalue weighted by Gasteiger charge is 1.73. The van der Waals surface area contributed by atoms with Gasteiger partial charge < -0.3 is 0 Å². The van der Waals surface area contributed by atoms with E-state index in [1.54, 1.807) is 0 Å². The molecule has 0 fully saturated rings. The maximum atomic E-state index is 9.78. The number of allylic oxidation sites excluding steroid dienone is 4. The molecule has 0 unspecified atom stereocenters. The average molecular weight is 110 g/mol. The van der Waals surface area contributed by atoms with Gasteiger partial charge in [0.2, 0.25) is 0 Å². The molecule has 0 heterocycles. The van der Waals surface area contributed by atoms with Crippen molar-refractivity contribution in [1.82, 2.24) is 0 Å². The van der Waals surface area contributed by atoms with Crippen LogP contribution in [-0.2, 0) is 4.79 Å². The predicted octanol–water partition coefficient (Wildman–Crippen LogP) is 1.71. The fourth-order valence-corrected chi connectivity index (χ4v) is 0.426. The zero-order valence-electron chi connectivity index (χ0n) is 5.22. The van der Waals surface area contributed by atoms with Gasteiger partial charge in [-0.25, -0.2) is 0 Å². The summed E-state index contributed by atoms with van der Waals surface area (Å²) in [6, 6.07) is 0. The Balaban J connectivity index is 3.79. The van der Waals surface area contributed by atoms with E-state index in [0.29, 0.717) is 0 Å². The van der Waals surface area contributed by atoms with Crippen LogP contribution in [0.25, 0.3) is 0 Å². The Labute approximate surface area is 49.7 Å². The van der Waals surface area contributed by atoms with Crippen molar-refractivity contribution in [3.63, 3.8) is 0 Å². The monoisotopic (exact) mass is 110 g/mol. The zero-order chi connectivity index (χ0) is 6.41. The lowest BCUT2D eigenvalue weighted by Crippen LogP contribution is -1.67. The van der Waals surface area contributed by atoms with Crippen LogP contribution in [0.2, 0.25) is 0 Å². The lowest BCUT2D eigenvalue weighted by Gasteiger charge is -1.81. The largest absolute Gasteiger partial charge is 0.299 e. The molecule has 0 aliphatic heterocycles. The molecule has 44 valence electrons. The molecule has 0 aliphatic carbocycles. The molecule has 0 bridgehead atoms. The van der Waals surface area contributed by atoms with Crippen LogP contribution in [0.15, 0.2) is 23.8 Å². The third kappa shape index (κ3) is 3.34. The quantitative estimate of drug-likeness (QED) is 0.300. The number of hydrogen-bond donors (Lipinski definition) is 0. The summed E-state index contributed by atoms with van der Waals surface area (Å²) >= 11 is 0. The van der Waals surface area contributed by atoms with Gasteiger partial charge in [0, 0.05) is 0 Å². The van der Waals surface area contributed by atoms with Crippen molar-refractivity contribution >= 4 is 6.29 Å². The Bertz CT molecular complexity index is 120. The highest BCUT2D eigenvalue weighted by atomic mass is 16.1. The number of aldehydes is 1. The van der Waals surface area contributed by atoms with Gasteiger partial charge in [0.15, 0.2) is 0 Å². The first-order valence-corrected chi connectivity index (χ1v) is 2.56. The molecule has 0 aromatic carbocycles. The summed E-state index contributed by atoms with van der Waals surface area (Å²) in [5.41, 5.74) is 0.988. The first-order valence-electron chi connectivity index (χ1n) is 2.56. The van der Waals surface area contributed by atoms with Crippen molar-refractivity contribution in [3.05, 3.63) is 23.8 Å². The van der Waals surface area contributed by atoms with Crippen LogP contribution in [0.3, 0.4) is 0 Å². The van der Waals surface area contributed by atoms with Crippen molar-refractivity contribution in [2.75, 3.05) is 0 Å². The molecule has 0 amide bonds. The summed E-state index contributed by atoms with van der Waals surface area (Å²) in [5, 5.41) is 0. The Morgan fingerprint density at radius 1 is 1.50 bits per heavy atom. The van der Waals surface area contributed by atoms with Crippen LogP contribution < -0.4 is 0 Å². The summed E-state index contributed by atoms with van der Waals surface area (Å²) in [6.07, 6.45) is 6.10. The number of carbonyl (C=O) groups excluding carboxylic acids is 1. The van der Waals surface area contributed by atoms with Gasteiger partial charge in [-0.3, -0.25) is 4.79 Å². The smallest absolute Gasteiger partial charge is 0.143 e. The maximum Gasteiger partial charge on any atom is 0.143 e. The Morgan fingerprint density at radius 3 is 2.50 bits per heavy atom. The lowest BCUT2D eigenvalue weighted by atomic mass is 10.3. The molecule has 0 aromatic rings. The first kappa shape index (κ1) is 7.15. The lowest BCUT2D eigenvalue weighted by molar-refractivity contribution is -0.104. The summed E-state index contributed by atoms with van der Waals surface area (Å²) < 4.78 is 0. The molecular formula is C7H10O. The normalized spacial score (nSPS) is 12.5. The van der Waals surface area contributed by atoms with Crippen molar-refractivity contribution in [2.24, 2.45) is 0 Å². The van der Waals surface area contributed by atoms with E-state index >= 15 is 0 Å². The molecule has 0 saturated heterocycles. The molecule has 0 aromatic heterocycles. The third-order valence-electron chi connectivity index (χ3n) is 0.760. The van der Waals surface area contributed by atoms with Crippen LogP contribution in [0, 0.1) is 0 Å². The van der Waals surface area contributed by atoms with E-state index in [-0.39, 0.29) is 0 Å². The van der Waals surface area contributed by atoms with Gasteiger partial charge in [-0.05, 0) is 25.5 Å². The molecule has 0 spiro atoms. The van der Waals surface area contributed by atoms with E-state index in [0.717, 1.165) is 11.9 Å². The molecule has 0 saturated carbocycles. The fourth-order valence-electron chi connectivity index (χ4n) is 0.426. The standard InChI is InChI=1S/C7H10O/c1-3-4-7(2)5-6-8/h3-6H,1-2H3/b4-3-,7-5+. The zero-order valence-corrected chi connectivity index (χ0v) is 5.22. The summed E-state index contributed by atoms with van der Waals surface area (Å²) in [4.78, 5) is 9.78. The average Bonchev–Trinajstić information content (AvgIpc) is 1.68. The predicted molar refractivity (Wildman–Crippen MR) is 34.6 cm³/mol. The summed E-state index contributed by atoms with van der Waals surface area (Å²) in [7, 11) is 0.